The standard InChI is InChI=1S/C17H27N3O/c21-17-3-1-16(2-4-17)20-11-7-14(8-12-20)13-19-15-5-9-18-10-6-15/h5-6,9-10,14,16-17,21H,1-4,7-8,11-13H2,(H,18,19). The lowest BCUT2D eigenvalue weighted by molar-refractivity contribution is 0.0571. The summed E-state index contributed by atoms with van der Waals surface area (Å²) < 4.78 is 0. The van der Waals surface area contributed by atoms with Crippen LogP contribution in [0.15, 0.2) is 24.5 Å². The molecule has 1 aliphatic carbocycles. The van der Waals surface area contributed by atoms with Gasteiger partial charge in [0.2, 0.25) is 0 Å². The van der Waals surface area contributed by atoms with Crippen LogP contribution in [0.4, 0.5) is 5.69 Å². The highest BCUT2D eigenvalue weighted by atomic mass is 16.3. The first kappa shape index (κ1) is 14.8. The lowest BCUT2D eigenvalue weighted by atomic mass is 9.89. The lowest BCUT2D eigenvalue weighted by Gasteiger charge is -2.40. The van der Waals surface area contributed by atoms with Gasteiger partial charge in [-0.3, -0.25) is 4.98 Å². The number of nitrogens with one attached hydrogen (secondary N) is 1. The number of hydrogen-bond donors (Lipinski definition) is 2. The third-order valence-electron chi connectivity index (χ3n) is 5.11. The Hall–Kier alpha value is -1.13. The molecule has 1 aromatic rings. The van der Waals surface area contributed by atoms with E-state index in [9.17, 15) is 5.11 Å². The molecule has 2 N–H and O–H groups in total. The molecule has 4 heteroatoms. The van der Waals surface area contributed by atoms with Crippen LogP contribution in [0.2, 0.25) is 0 Å². The second-order valence-corrected chi connectivity index (χ2v) is 6.56. The summed E-state index contributed by atoms with van der Waals surface area (Å²) >= 11 is 0. The highest BCUT2D eigenvalue weighted by molar-refractivity contribution is 5.40. The molecule has 2 aliphatic rings. The Morgan fingerprint density at radius 2 is 1.71 bits per heavy atom. The molecule has 1 saturated carbocycles. The molecule has 0 spiro atoms. The van der Waals surface area contributed by atoms with Gasteiger partial charge in [0.25, 0.3) is 0 Å². The quantitative estimate of drug-likeness (QED) is 0.894. The molecule has 0 amide bonds. The molecule has 0 unspecified atom stereocenters. The number of aliphatic hydroxyl groups excluding tert-OH is 1. The van der Waals surface area contributed by atoms with E-state index in [0.29, 0.717) is 0 Å². The van der Waals surface area contributed by atoms with Gasteiger partial charge in [0, 0.05) is 30.7 Å². The number of aromatic nitrogens is 1. The fourth-order valence-corrected chi connectivity index (χ4v) is 3.68. The number of hydrogen-bond acceptors (Lipinski definition) is 4. The van der Waals surface area contributed by atoms with Crippen molar-refractivity contribution in [1.29, 1.82) is 0 Å². The molecule has 0 aromatic carbocycles. The summed E-state index contributed by atoms with van der Waals surface area (Å²) in [6, 6.07) is 4.78. The monoisotopic (exact) mass is 289 g/mol. The van der Waals surface area contributed by atoms with Gasteiger partial charge in [-0.05, 0) is 69.7 Å². The first-order valence-corrected chi connectivity index (χ1v) is 8.37. The van der Waals surface area contributed by atoms with Gasteiger partial charge in [-0.2, -0.15) is 0 Å². The SMILES string of the molecule is OC1CCC(N2CCC(CNc3ccncc3)CC2)CC1. The van der Waals surface area contributed by atoms with Crippen LogP contribution in [-0.2, 0) is 0 Å². The largest absolute Gasteiger partial charge is 0.393 e. The van der Waals surface area contributed by atoms with Crippen LogP contribution in [0.5, 0.6) is 0 Å². The molecule has 0 radical (unpaired) electrons. The van der Waals surface area contributed by atoms with Gasteiger partial charge in [0.1, 0.15) is 0 Å². The minimum Gasteiger partial charge on any atom is -0.393 e. The molecule has 1 aromatic heterocycles. The van der Waals surface area contributed by atoms with Crippen molar-refractivity contribution >= 4 is 5.69 Å². The molecule has 1 aliphatic heterocycles. The summed E-state index contributed by atoms with van der Waals surface area (Å²) in [5.41, 5.74) is 1.17. The highest BCUT2D eigenvalue weighted by Gasteiger charge is 2.28. The zero-order valence-electron chi connectivity index (χ0n) is 12.7. The molecule has 3 rings (SSSR count). The third-order valence-corrected chi connectivity index (χ3v) is 5.11. The van der Waals surface area contributed by atoms with Crippen LogP contribution in [-0.4, -0.2) is 46.8 Å². The summed E-state index contributed by atoms with van der Waals surface area (Å²) in [6.07, 6.45) is 10.6. The average molecular weight is 289 g/mol. The van der Waals surface area contributed by atoms with Gasteiger partial charge in [-0.15, -0.1) is 0 Å². The van der Waals surface area contributed by atoms with E-state index < -0.39 is 0 Å². The summed E-state index contributed by atoms with van der Waals surface area (Å²) in [4.78, 5) is 6.70. The zero-order chi connectivity index (χ0) is 14.5. The maximum absolute atomic E-state index is 9.61. The predicted molar refractivity (Wildman–Crippen MR) is 85.3 cm³/mol. The van der Waals surface area contributed by atoms with Crippen molar-refractivity contribution in [3.63, 3.8) is 0 Å². The first-order chi connectivity index (χ1) is 10.3. The molecule has 0 bridgehead atoms. The molecule has 2 heterocycles. The second kappa shape index (κ2) is 7.23. The molecular formula is C17H27N3O. The topological polar surface area (TPSA) is 48.4 Å². The predicted octanol–water partition coefficient (Wildman–Crippen LogP) is 2.51. The Morgan fingerprint density at radius 1 is 1.05 bits per heavy atom. The van der Waals surface area contributed by atoms with Gasteiger partial charge in [0.05, 0.1) is 6.10 Å². The van der Waals surface area contributed by atoms with E-state index in [2.05, 4.69) is 15.2 Å². The fourth-order valence-electron chi connectivity index (χ4n) is 3.68. The van der Waals surface area contributed by atoms with Gasteiger partial charge in [-0.1, -0.05) is 0 Å². The Labute approximate surface area is 127 Å². The molecule has 21 heavy (non-hydrogen) atoms. The van der Waals surface area contributed by atoms with Crippen LogP contribution < -0.4 is 5.32 Å². The number of anilines is 1. The van der Waals surface area contributed by atoms with Crippen LogP contribution in [0.1, 0.15) is 38.5 Å². The summed E-state index contributed by atoms with van der Waals surface area (Å²) in [5.74, 6) is 0.781. The Balaban J connectivity index is 1.39. The van der Waals surface area contributed by atoms with E-state index in [0.717, 1.165) is 31.3 Å². The third kappa shape index (κ3) is 4.17. The Kier molecular flexibility index (Phi) is 5.09. The van der Waals surface area contributed by atoms with E-state index in [-0.39, 0.29) is 6.10 Å². The normalized spacial score (nSPS) is 28.4. The fraction of sp³-hybridized carbons (Fsp3) is 0.706. The maximum Gasteiger partial charge on any atom is 0.0541 e. The van der Waals surface area contributed by atoms with Crippen molar-refractivity contribution in [3.05, 3.63) is 24.5 Å². The molecule has 116 valence electrons. The average Bonchev–Trinajstić information content (AvgIpc) is 2.55. The van der Waals surface area contributed by atoms with Crippen LogP contribution in [0, 0.1) is 5.92 Å². The van der Waals surface area contributed by atoms with Crippen LogP contribution in [0.3, 0.4) is 0 Å². The minimum atomic E-state index is -0.0386. The van der Waals surface area contributed by atoms with E-state index in [1.165, 1.54) is 44.5 Å². The van der Waals surface area contributed by atoms with Crippen molar-refractivity contribution in [2.45, 2.75) is 50.7 Å². The summed E-state index contributed by atoms with van der Waals surface area (Å²) in [6.45, 7) is 3.52. The van der Waals surface area contributed by atoms with Crippen molar-refractivity contribution in [3.8, 4) is 0 Å². The molecule has 2 fully saturated rings. The van der Waals surface area contributed by atoms with Crippen LogP contribution in [0.25, 0.3) is 0 Å². The van der Waals surface area contributed by atoms with Gasteiger partial charge in [0.15, 0.2) is 0 Å². The minimum absolute atomic E-state index is 0.0386. The number of likely N-dealkylation sites (tertiary alicyclic amines) is 1. The van der Waals surface area contributed by atoms with E-state index >= 15 is 0 Å². The van der Waals surface area contributed by atoms with E-state index in [4.69, 9.17) is 0 Å². The van der Waals surface area contributed by atoms with Gasteiger partial charge in [-0.25, -0.2) is 0 Å². The molecular weight excluding hydrogens is 262 g/mol. The van der Waals surface area contributed by atoms with Crippen molar-refractivity contribution in [2.75, 3.05) is 25.0 Å². The Bertz CT molecular complexity index is 409. The van der Waals surface area contributed by atoms with E-state index in [1.807, 2.05) is 24.5 Å². The van der Waals surface area contributed by atoms with Crippen molar-refractivity contribution in [2.24, 2.45) is 5.92 Å². The molecule has 1 saturated heterocycles. The van der Waals surface area contributed by atoms with Crippen molar-refractivity contribution in [1.82, 2.24) is 9.88 Å². The highest BCUT2D eigenvalue weighted by Crippen LogP contribution is 2.27. The second-order valence-electron chi connectivity index (χ2n) is 6.56. The smallest absolute Gasteiger partial charge is 0.0541 e. The summed E-state index contributed by atoms with van der Waals surface area (Å²) in [7, 11) is 0. The van der Waals surface area contributed by atoms with Gasteiger partial charge < -0.3 is 15.3 Å². The molecule has 4 nitrogen and oxygen atoms in total. The van der Waals surface area contributed by atoms with Gasteiger partial charge >= 0.3 is 0 Å². The Morgan fingerprint density at radius 3 is 2.38 bits per heavy atom. The lowest BCUT2D eigenvalue weighted by Crippen LogP contribution is -2.44. The zero-order valence-corrected chi connectivity index (χ0v) is 12.7. The number of rotatable bonds is 4. The number of pyridine rings is 1. The number of nitrogens with zero attached hydrogens (tertiary/aromatic N) is 2. The summed E-state index contributed by atoms with van der Waals surface area (Å²) in [5, 5.41) is 13.1. The number of aliphatic hydroxyl groups is 1. The number of piperidine rings is 1. The molecule has 0 atom stereocenters. The van der Waals surface area contributed by atoms with Crippen molar-refractivity contribution < 1.29 is 5.11 Å². The van der Waals surface area contributed by atoms with Crippen LogP contribution >= 0.6 is 0 Å². The van der Waals surface area contributed by atoms with E-state index in [1.54, 1.807) is 0 Å². The first-order valence-electron chi connectivity index (χ1n) is 8.37. The maximum atomic E-state index is 9.61.